The molecule has 2 N–H and O–H groups in total. The zero-order valence-corrected chi connectivity index (χ0v) is 16.5. The maximum atomic E-state index is 12.5. The molecular formula is C18H26N2O6S. The van der Waals surface area contributed by atoms with Crippen molar-refractivity contribution in [3.8, 4) is 5.75 Å². The van der Waals surface area contributed by atoms with Crippen molar-refractivity contribution in [2.75, 3.05) is 17.0 Å². The van der Waals surface area contributed by atoms with Crippen LogP contribution in [0.3, 0.4) is 0 Å². The molecule has 0 aromatic heterocycles. The van der Waals surface area contributed by atoms with Crippen LogP contribution in [0.15, 0.2) is 24.3 Å². The van der Waals surface area contributed by atoms with Gasteiger partial charge in [-0.2, -0.15) is 0 Å². The third-order valence-electron chi connectivity index (χ3n) is 4.01. The largest absolute Gasteiger partial charge is 0.491 e. The van der Waals surface area contributed by atoms with E-state index >= 15 is 0 Å². The lowest BCUT2D eigenvalue weighted by atomic mass is 10.1. The molecular weight excluding hydrogens is 372 g/mol. The Balaban J connectivity index is 1.99. The van der Waals surface area contributed by atoms with E-state index in [1.54, 1.807) is 24.3 Å². The molecule has 1 atom stereocenters. The predicted molar refractivity (Wildman–Crippen MR) is 101 cm³/mol. The van der Waals surface area contributed by atoms with Gasteiger partial charge in [-0.05, 0) is 51.0 Å². The first-order valence-corrected chi connectivity index (χ1v) is 10.5. The summed E-state index contributed by atoms with van der Waals surface area (Å²) in [5, 5.41) is 9.04. The van der Waals surface area contributed by atoms with Crippen LogP contribution in [0.25, 0.3) is 0 Å². The normalized spacial score (nSPS) is 15.3. The molecule has 2 rings (SSSR count). The molecule has 8 nitrogen and oxygen atoms in total. The van der Waals surface area contributed by atoms with E-state index in [9.17, 15) is 18.0 Å². The lowest BCUT2D eigenvalue weighted by Gasteiger charge is -2.24. The molecule has 0 spiro atoms. The lowest BCUT2D eigenvalue weighted by Crippen LogP contribution is -2.42. The van der Waals surface area contributed by atoms with Gasteiger partial charge in [0.1, 0.15) is 11.5 Å². The van der Waals surface area contributed by atoms with Gasteiger partial charge in [0.05, 0.1) is 12.0 Å². The molecule has 1 amide bonds. The molecule has 1 aliphatic rings. The Morgan fingerprint density at radius 2 is 1.81 bits per heavy atom. The van der Waals surface area contributed by atoms with Crippen LogP contribution in [0.2, 0.25) is 0 Å². The third kappa shape index (κ3) is 6.74. The minimum Gasteiger partial charge on any atom is -0.491 e. The Kier molecular flexibility index (Phi) is 6.69. The molecule has 9 heteroatoms. The SMILES string of the molecule is CC(C)Oc1ccc(NS(=O)(=O)CC(=O)N(CC(C)C(=O)O)C2CC2)cc1. The maximum absolute atomic E-state index is 12.5. The average Bonchev–Trinajstić information content (AvgIpc) is 3.37. The van der Waals surface area contributed by atoms with E-state index in [2.05, 4.69) is 4.72 Å². The number of nitrogens with zero attached hydrogens (tertiary/aromatic N) is 1. The van der Waals surface area contributed by atoms with Crippen molar-refractivity contribution in [1.82, 2.24) is 4.90 Å². The number of anilines is 1. The van der Waals surface area contributed by atoms with Crippen LogP contribution in [0, 0.1) is 5.92 Å². The van der Waals surface area contributed by atoms with Gasteiger partial charge in [-0.3, -0.25) is 14.3 Å². The molecule has 0 aliphatic heterocycles. The van der Waals surface area contributed by atoms with Crippen molar-refractivity contribution in [3.05, 3.63) is 24.3 Å². The van der Waals surface area contributed by atoms with Gasteiger partial charge in [0, 0.05) is 18.3 Å². The van der Waals surface area contributed by atoms with Gasteiger partial charge in [0.2, 0.25) is 15.9 Å². The van der Waals surface area contributed by atoms with Crippen LogP contribution >= 0.6 is 0 Å². The number of nitrogens with one attached hydrogen (secondary N) is 1. The summed E-state index contributed by atoms with van der Waals surface area (Å²) < 4.78 is 32.5. The highest BCUT2D eigenvalue weighted by Crippen LogP contribution is 2.28. The summed E-state index contributed by atoms with van der Waals surface area (Å²) in [4.78, 5) is 24.9. The Morgan fingerprint density at radius 1 is 1.22 bits per heavy atom. The zero-order valence-electron chi connectivity index (χ0n) is 15.7. The average molecular weight is 398 g/mol. The van der Waals surface area contributed by atoms with Gasteiger partial charge < -0.3 is 14.7 Å². The molecule has 1 saturated carbocycles. The Bertz CT molecular complexity index is 772. The van der Waals surface area contributed by atoms with E-state index in [1.165, 1.54) is 11.8 Å². The molecule has 1 aromatic carbocycles. The van der Waals surface area contributed by atoms with Crippen molar-refractivity contribution in [2.24, 2.45) is 5.92 Å². The minimum atomic E-state index is -3.91. The van der Waals surface area contributed by atoms with E-state index in [-0.39, 0.29) is 18.7 Å². The topological polar surface area (TPSA) is 113 Å². The van der Waals surface area contributed by atoms with E-state index < -0.39 is 33.6 Å². The number of rotatable bonds is 10. The predicted octanol–water partition coefficient (Wildman–Crippen LogP) is 1.93. The fourth-order valence-electron chi connectivity index (χ4n) is 2.55. The molecule has 1 unspecified atom stereocenters. The Hall–Kier alpha value is -2.29. The highest BCUT2D eigenvalue weighted by atomic mass is 32.2. The zero-order chi connectivity index (χ0) is 20.2. The molecule has 0 radical (unpaired) electrons. The monoisotopic (exact) mass is 398 g/mol. The van der Waals surface area contributed by atoms with Gasteiger partial charge in [-0.1, -0.05) is 6.92 Å². The lowest BCUT2D eigenvalue weighted by molar-refractivity contribution is -0.142. The molecule has 150 valence electrons. The van der Waals surface area contributed by atoms with E-state index in [0.717, 1.165) is 12.8 Å². The minimum absolute atomic E-state index is 0.00626. The van der Waals surface area contributed by atoms with Crippen molar-refractivity contribution in [3.63, 3.8) is 0 Å². The molecule has 1 aromatic rings. The van der Waals surface area contributed by atoms with Crippen molar-refractivity contribution in [1.29, 1.82) is 0 Å². The number of hydrogen-bond donors (Lipinski definition) is 2. The van der Waals surface area contributed by atoms with Crippen LogP contribution < -0.4 is 9.46 Å². The van der Waals surface area contributed by atoms with Gasteiger partial charge >= 0.3 is 5.97 Å². The second-order valence-corrected chi connectivity index (χ2v) is 8.79. The summed E-state index contributed by atoms with van der Waals surface area (Å²) in [7, 11) is -3.91. The first-order chi connectivity index (χ1) is 12.6. The maximum Gasteiger partial charge on any atom is 0.308 e. The first-order valence-electron chi connectivity index (χ1n) is 8.87. The fourth-order valence-corrected chi connectivity index (χ4v) is 3.61. The summed E-state index contributed by atoms with van der Waals surface area (Å²) in [6.07, 6.45) is 1.54. The molecule has 1 aliphatic carbocycles. The molecule has 0 heterocycles. The quantitative estimate of drug-likeness (QED) is 0.623. The number of carboxylic acids is 1. The summed E-state index contributed by atoms with van der Waals surface area (Å²) in [5.41, 5.74) is 0.329. The number of benzene rings is 1. The fraction of sp³-hybridized carbons (Fsp3) is 0.556. The molecule has 0 saturated heterocycles. The first kappa shape index (κ1) is 21.0. The number of hydrogen-bond acceptors (Lipinski definition) is 5. The van der Waals surface area contributed by atoms with Gasteiger partial charge in [0.25, 0.3) is 0 Å². The van der Waals surface area contributed by atoms with Crippen LogP contribution in [-0.4, -0.2) is 54.7 Å². The smallest absolute Gasteiger partial charge is 0.308 e. The van der Waals surface area contributed by atoms with Crippen LogP contribution in [-0.2, 0) is 19.6 Å². The van der Waals surface area contributed by atoms with Crippen molar-refractivity contribution >= 4 is 27.6 Å². The molecule has 1 fully saturated rings. The summed E-state index contributed by atoms with van der Waals surface area (Å²) in [6, 6.07) is 6.34. The van der Waals surface area contributed by atoms with Gasteiger partial charge in [-0.15, -0.1) is 0 Å². The highest BCUT2D eigenvalue weighted by molar-refractivity contribution is 7.93. The number of carboxylic acid groups (broad SMARTS) is 1. The number of carbonyl (C=O) groups excluding carboxylic acids is 1. The molecule has 27 heavy (non-hydrogen) atoms. The second kappa shape index (κ2) is 8.60. The van der Waals surface area contributed by atoms with E-state index in [4.69, 9.17) is 9.84 Å². The number of carbonyl (C=O) groups is 2. The standard InChI is InChI=1S/C18H26N2O6S/c1-12(2)26-16-8-4-14(5-9-16)19-27(24,25)11-17(21)20(15-6-7-15)10-13(3)18(22)23/h4-5,8-9,12-13,15,19H,6-7,10-11H2,1-3H3,(H,22,23). The van der Waals surface area contributed by atoms with Gasteiger partial charge in [-0.25, -0.2) is 8.42 Å². The number of amides is 1. The number of sulfonamides is 1. The summed E-state index contributed by atoms with van der Waals surface area (Å²) >= 11 is 0. The van der Waals surface area contributed by atoms with Crippen LogP contribution in [0.1, 0.15) is 33.6 Å². The Morgan fingerprint density at radius 3 is 2.30 bits per heavy atom. The third-order valence-corrected chi connectivity index (χ3v) is 5.19. The summed E-state index contributed by atoms with van der Waals surface area (Å²) in [6.45, 7) is 5.28. The van der Waals surface area contributed by atoms with Crippen molar-refractivity contribution < 1.29 is 27.9 Å². The Labute approximate surface area is 159 Å². The van der Waals surface area contributed by atoms with E-state index in [0.29, 0.717) is 11.4 Å². The van der Waals surface area contributed by atoms with Crippen LogP contribution in [0.4, 0.5) is 5.69 Å². The van der Waals surface area contributed by atoms with Crippen molar-refractivity contribution in [2.45, 2.75) is 45.8 Å². The number of aliphatic carboxylic acids is 1. The molecule has 0 bridgehead atoms. The van der Waals surface area contributed by atoms with E-state index in [1.807, 2.05) is 13.8 Å². The second-order valence-electron chi connectivity index (χ2n) is 7.07. The van der Waals surface area contributed by atoms with Crippen LogP contribution in [0.5, 0.6) is 5.75 Å². The summed E-state index contributed by atoms with van der Waals surface area (Å²) in [5.74, 6) is -2.46. The van der Waals surface area contributed by atoms with Gasteiger partial charge in [0.15, 0.2) is 0 Å². The number of ether oxygens (including phenoxy) is 1. The highest BCUT2D eigenvalue weighted by Gasteiger charge is 2.36.